The first kappa shape index (κ1) is 16.7. The minimum absolute atomic E-state index is 0.134. The molecule has 0 bridgehead atoms. The Morgan fingerprint density at radius 3 is 2.83 bits per heavy atom. The van der Waals surface area contributed by atoms with E-state index in [1.54, 1.807) is 18.2 Å². The molecule has 0 unspecified atom stereocenters. The Morgan fingerprint density at radius 1 is 1.38 bits per heavy atom. The zero-order valence-electron chi connectivity index (χ0n) is 13.8. The molecular weight excluding hydrogens is 304 g/mol. The number of aliphatic hydroxyl groups is 1. The first-order valence-electron chi connectivity index (χ1n) is 8.10. The molecule has 2 aromatic rings. The maximum Gasteiger partial charge on any atom is 0.261 e. The van der Waals surface area contributed by atoms with Gasteiger partial charge in [-0.25, -0.2) is 4.98 Å². The highest BCUT2D eigenvalue weighted by molar-refractivity contribution is 5.78. The van der Waals surface area contributed by atoms with E-state index in [1.807, 2.05) is 7.05 Å². The highest BCUT2D eigenvalue weighted by Crippen LogP contribution is 2.23. The molecule has 1 aliphatic heterocycles. The largest absolute Gasteiger partial charge is 0.388 e. The van der Waals surface area contributed by atoms with Crippen molar-refractivity contribution in [1.29, 1.82) is 0 Å². The fraction of sp³-hybridized carbons (Fsp3) is 0.444. The number of fused-ring (bicyclic) bond motifs is 1. The van der Waals surface area contributed by atoms with E-state index in [-0.39, 0.29) is 12.1 Å². The van der Waals surface area contributed by atoms with E-state index in [2.05, 4.69) is 21.7 Å². The topological polar surface area (TPSA) is 84.4 Å². The van der Waals surface area contributed by atoms with Crippen LogP contribution in [0.25, 0.3) is 10.9 Å². The van der Waals surface area contributed by atoms with Crippen molar-refractivity contribution in [1.82, 2.24) is 14.5 Å². The molecule has 0 spiro atoms. The van der Waals surface area contributed by atoms with Crippen LogP contribution in [0.4, 0.5) is 0 Å². The summed E-state index contributed by atoms with van der Waals surface area (Å²) >= 11 is 0. The van der Waals surface area contributed by atoms with Gasteiger partial charge in [0.05, 0.1) is 35.9 Å². The molecule has 0 amide bonds. The standard InChI is InChI=1S/C18H22N4O2/c1-21-9-6-18(24,7-10-21)12-22-13-20-16-11-14(3-2-8-19)4-5-15(16)17(22)23/h4-5,11,13,24H,6-10,12,19H2,1H3. The Bertz CT molecular complexity index is 855. The number of nitrogens with two attached hydrogens (primary N) is 1. The molecule has 1 fully saturated rings. The third kappa shape index (κ3) is 3.49. The summed E-state index contributed by atoms with van der Waals surface area (Å²) in [4.78, 5) is 19.2. The molecule has 0 atom stereocenters. The predicted molar refractivity (Wildman–Crippen MR) is 93.6 cm³/mol. The Labute approximate surface area is 140 Å². The minimum atomic E-state index is -0.849. The highest BCUT2D eigenvalue weighted by atomic mass is 16.3. The van der Waals surface area contributed by atoms with Gasteiger partial charge in [0.1, 0.15) is 0 Å². The number of benzene rings is 1. The van der Waals surface area contributed by atoms with E-state index in [0.29, 0.717) is 30.3 Å². The van der Waals surface area contributed by atoms with Crippen molar-refractivity contribution in [3.05, 3.63) is 40.4 Å². The van der Waals surface area contributed by atoms with E-state index in [1.165, 1.54) is 10.9 Å². The number of aromatic nitrogens is 2. The van der Waals surface area contributed by atoms with Gasteiger partial charge in [-0.1, -0.05) is 11.8 Å². The number of hydrogen-bond acceptors (Lipinski definition) is 5. The second kappa shape index (κ2) is 6.73. The summed E-state index contributed by atoms with van der Waals surface area (Å²) in [6.07, 6.45) is 2.82. The van der Waals surface area contributed by atoms with Crippen molar-refractivity contribution in [2.45, 2.75) is 25.0 Å². The predicted octanol–water partition coefficient (Wildman–Crippen LogP) is 0.163. The molecule has 3 rings (SSSR count). The summed E-state index contributed by atoms with van der Waals surface area (Å²) in [6, 6.07) is 5.32. The van der Waals surface area contributed by atoms with Crippen LogP contribution in [-0.2, 0) is 6.54 Å². The maximum atomic E-state index is 12.7. The second-order valence-corrected chi connectivity index (χ2v) is 6.44. The molecule has 1 aromatic heterocycles. The van der Waals surface area contributed by atoms with Gasteiger partial charge in [-0.2, -0.15) is 0 Å². The fourth-order valence-corrected chi connectivity index (χ4v) is 3.01. The molecule has 2 heterocycles. The van der Waals surface area contributed by atoms with Crippen molar-refractivity contribution >= 4 is 10.9 Å². The summed E-state index contributed by atoms with van der Waals surface area (Å²) in [7, 11) is 2.04. The van der Waals surface area contributed by atoms with Gasteiger partial charge in [0.2, 0.25) is 0 Å². The SMILES string of the molecule is CN1CCC(O)(Cn2cnc3cc(C#CCN)ccc3c2=O)CC1. The zero-order valence-corrected chi connectivity index (χ0v) is 13.8. The van der Waals surface area contributed by atoms with Gasteiger partial charge in [-0.3, -0.25) is 9.36 Å². The van der Waals surface area contributed by atoms with Crippen LogP contribution >= 0.6 is 0 Å². The lowest BCUT2D eigenvalue weighted by molar-refractivity contribution is -0.0298. The highest BCUT2D eigenvalue weighted by Gasteiger charge is 2.32. The Morgan fingerprint density at radius 2 is 2.12 bits per heavy atom. The van der Waals surface area contributed by atoms with E-state index < -0.39 is 5.60 Å². The smallest absolute Gasteiger partial charge is 0.261 e. The summed E-state index contributed by atoms with van der Waals surface area (Å²) in [5.41, 5.74) is 5.78. The first-order valence-corrected chi connectivity index (χ1v) is 8.10. The van der Waals surface area contributed by atoms with E-state index in [0.717, 1.165) is 18.7 Å². The van der Waals surface area contributed by atoms with Crippen LogP contribution in [0.1, 0.15) is 18.4 Å². The lowest BCUT2D eigenvalue weighted by atomic mass is 9.91. The van der Waals surface area contributed by atoms with Crippen LogP contribution in [0.15, 0.2) is 29.3 Å². The molecule has 1 saturated heterocycles. The molecule has 0 saturated carbocycles. The summed E-state index contributed by atoms with van der Waals surface area (Å²) in [5, 5.41) is 11.3. The van der Waals surface area contributed by atoms with E-state index in [4.69, 9.17) is 5.73 Å². The molecule has 3 N–H and O–H groups in total. The summed E-state index contributed by atoms with van der Waals surface area (Å²) < 4.78 is 1.51. The van der Waals surface area contributed by atoms with Crippen LogP contribution in [0, 0.1) is 11.8 Å². The van der Waals surface area contributed by atoms with E-state index in [9.17, 15) is 9.90 Å². The van der Waals surface area contributed by atoms with Gasteiger partial charge in [0.15, 0.2) is 0 Å². The average Bonchev–Trinajstić information content (AvgIpc) is 2.58. The normalized spacial score (nSPS) is 17.5. The van der Waals surface area contributed by atoms with E-state index >= 15 is 0 Å². The van der Waals surface area contributed by atoms with Crippen molar-refractivity contribution in [2.24, 2.45) is 5.73 Å². The molecule has 126 valence electrons. The quantitative estimate of drug-likeness (QED) is 0.768. The fourth-order valence-electron chi connectivity index (χ4n) is 3.01. The summed E-state index contributed by atoms with van der Waals surface area (Å²) in [6.45, 7) is 2.23. The third-order valence-corrected chi connectivity index (χ3v) is 4.54. The molecule has 24 heavy (non-hydrogen) atoms. The number of hydrogen-bond donors (Lipinski definition) is 2. The van der Waals surface area contributed by atoms with Crippen molar-refractivity contribution in [3.63, 3.8) is 0 Å². The molecule has 6 nitrogen and oxygen atoms in total. The molecule has 1 aliphatic rings. The van der Waals surface area contributed by atoms with Gasteiger partial charge in [0.25, 0.3) is 5.56 Å². The van der Waals surface area contributed by atoms with Gasteiger partial charge in [0, 0.05) is 18.7 Å². The van der Waals surface area contributed by atoms with Gasteiger partial charge < -0.3 is 15.7 Å². The van der Waals surface area contributed by atoms with Crippen molar-refractivity contribution < 1.29 is 5.11 Å². The third-order valence-electron chi connectivity index (χ3n) is 4.54. The molecule has 0 aliphatic carbocycles. The Hall–Kier alpha value is -2.20. The molecule has 1 aromatic carbocycles. The number of piperidine rings is 1. The van der Waals surface area contributed by atoms with Gasteiger partial charge in [-0.15, -0.1) is 0 Å². The minimum Gasteiger partial charge on any atom is -0.388 e. The lowest BCUT2D eigenvalue weighted by Crippen LogP contribution is -2.46. The van der Waals surface area contributed by atoms with Crippen LogP contribution in [0.3, 0.4) is 0 Å². The van der Waals surface area contributed by atoms with Gasteiger partial charge in [-0.05, 0) is 38.1 Å². The molecule has 6 heteroatoms. The number of nitrogens with zero attached hydrogens (tertiary/aromatic N) is 3. The number of rotatable bonds is 2. The molecule has 0 radical (unpaired) electrons. The second-order valence-electron chi connectivity index (χ2n) is 6.44. The van der Waals surface area contributed by atoms with Crippen molar-refractivity contribution in [2.75, 3.05) is 26.7 Å². The van der Waals surface area contributed by atoms with Crippen LogP contribution in [0.2, 0.25) is 0 Å². The maximum absolute atomic E-state index is 12.7. The Kier molecular flexibility index (Phi) is 4.67. The van der Waals surface area contributed by atoms with Crippen LogP contribution in [0.5, 0.6) is 0 Å². The van der Waals surface area contributed by atoms with Crippen molar-refractivity contribution in [3.8, 4) is 11.8 Å². The first-order chi connectivity index (χ1) is 11.5. The van der Waals surface area contributed by atoms with Crippen LogP contribution < -0.4 is 11.3 Å². The summed E-state index contributed by atoms with van der Waals surface area (Å²) in [5.74, 6) is 5.73. The van der Waals surface area contributed by atoms with Gasteiger partial charge >= 0.3 is 0 Å². The zero-order chi connectivity index (χ0) is 17.2. The molecular formula is C18H22N4O2. The Balaban J connectivity index is 1.90. The average molecular weight is 326 g/mol. The monoisotopic (exact) mass is 326 g/mol. The number of likely N-dealkylation sites (tertiary alicyclic amines) is 1. The van der Waals surface area contributed by atoms with Crippen LogP contribution in [-0.4, -0.2) is 51.8 Å². The lowest BCUT2D eigenvalue weighted by Gasteiger charge is -2.36.